The number of nitrogens with two attached hydrogens (primary N) is 1. The Bertz CT molecular complexity index is 432. The number of pyridine rings is 1. The van der Waals surface area contributed by atoms with E-state index in [9.17, 15) is 0 Å². The van der Waals surface area contributed by atoms with Crippen LogP contribution in [0.2, 0.25) is 0 Å². The molecule has 0 aliphatic heterocycles. The van der Waals surface area contributed by atoms with Crippen LogP contribution in [0.25, 0.3) is 0 Å². The van der Waals surface area contributed by atoms with Crippen molar-refractivity contribution in [2.45, 2.75) is 20.3 Å². The highest BCUT2D eigenvalue weighted by atomic mass is 32.1. The van der Waals surface area contributed by atoms with Gasteiger partial charge in [-0.1, -0.05) is 12.2 Å². The smallest absolute Gasteiger partial charge is 0.133 e. The number of hydrogen-bond acceptors (Lipinski definition) is 4. The number of rotatable bonds is 6. The minimum absolute atomic E-state index is 0.336. The zero-order chi connectivity index (χ0) is 13.7. The first-order valence-corrected chi connectivity index (χ1v) is 6.38. The molecule has 0 unspecified atom stereocenters. The third-order valence-corrected chi connectivity index (χ3v) is 2.75. The van der Waals surface area contributed by atoms with E-state index in [4.69, 9.17) is 22.7 Å². The van der Waals surface area contributed by atoms with Crippen molar-refractivity contribution in [3.8, 4) is 5.75 Å². The van der Waals surface area contributed by atoms with Crippen LogP contribution in [0.5, 0.6) is 5.75 Å². The highest BCUT2D eigenvalue weighted by Crippen LogP contribution is 2.22. The Hall–Kier alpha value is -1.20. The van der Waals surface area contributed by atoms with Gasteiger partial charge in [0.05, 0.1) is 17.9 Å². The molecule has 5 heteroatoms. The quantitative estimate of drug-likeness (QED) is 0.627. The van der Waals surface area contributed by atoms with E-state index in [1.54, 1.807) is 0 Å². The maximum absolute atomic E-state index is 5.78. The molecule has 0 saturated heterocycles. The van der Waals surface area contributed by atoms with E-state index in [0.29, 0.717) is 11.6 Å². The van der Waals surface area contributed by atoms with Crippen molar-refractivity contribution in [1.82, 2.24) is 9.88 Å². The molecular formula is C13H21N3OS. The molecule has 1 aromatic heterocycles. The van der Waals surface area contributed by atoms with Crippen LogP contribution in [-0.2, 0) is 0 Å². The Morgan fingerprint density at radius 3 is 2.67 bits per heavy atom. The third kappa shape index (κ3) is 4.23. The lowest BCUT2D eigenvalue weighted by Crippen LogP contribution is -2.18. The largest absolute Gasteiger partial charge is 0.493 e. The van der Waals surface area contributed by atoms with Gasteiger partial charge in [0.25, 0.3) is 0 Å². The minimum Gasteiger partial charge on any atom is -0.493 e. The summed E-state index contributed by atoms with van der Waals surface area (Å²) in [6.45, 7) is 5.47. The van der Waals surface area contributed by atoms with Gasteiger partial charge < -0.3 is 15.4 Å². The van der Waals surface area contributed by atoms with Crippen LogP contribution >= 0.6 is 12.2 Å². The molecule has 0 aliphatic rings. The van der Waals surface area contributed by atoms with Crippen LogP contribution in [0.3, 0.4) is 0 Å². The minimum atomic E-state index is 0.336. The Balaban J connectivity index is 2.77. The van der Waals surface area contributed by atoms with Crippen LogP contribution < -0.4 is 10.5 Å². The molecule has 0 bridgehead atoms. The molecule has 2 N–H and O–H groups in total. The van der Waals surface area contributed by atoms with Crippen molar-refractivity contribution in [2.24, 2.45) is 5.73 Å². The lowest BCUT2D eigenvalue weighted by molar-refractivity contribution is 0.280. The van der Waals surface area contributed by atoms with E-state index >= 15 is 0 Å². The fourth-order valence-electron chi connectivity index (χ4n) is 1.77. The van der Waals surface area contributed by atoms with E-state index in [1.165, 1.54) is 0 Å². The average molecular weight is 267 g/mol. The van der Waals surface area contributed by atoms with Crippen LogP contribution in [-0.4, -0.2) is 42.1 Å². The van der Waals surface area contributed by atoms with E-state index in [2.05, 4.69) is 9.88 Å². The number of aromatic nitrogens is 1. The van der Waals surface area contributed by atoms with Crippen molar-refractivity contribution in [2.75, 3.05) is 27.2 Å². The molecule has 0 aromatic carbocycles. The molecule has 18 heavy (non-hydrogen) atoms. The first kappa shape index (κ1) is 14.9. The highest BCUT2D eigenvalue weighted by molar-refractivity contribution is 7.80. The van der Waals surface area contributed by atoms with Gasteiger partial charge in [-0.25, -0.2) is 0 Å². The average Bonchev–Trinajstić information content (AvgIpc) is 2.22. The van der Waals surface area contributed by atoms with Gasteiger partial charge in [-0.05, 0) is 34.4 Å². The lowest BCUT2D eigenvalue weighted by Gasteiger charge is -2.14. The predicted octanol–water partition coefficient (Wildman–Crippen LogP) is 1.66. The fraction of sp³-hybridized carbons (Fsp3) is 0.538. The number of hydrogen-bond donors (Lipinski definition) is 1. The second-order valence-electron chi connectivity index (χ2n) is 4.59. The van der Waals surface area contributed by atoms with Crippen LogP contribution in [0.15, 0.2) is 6.07 Å². The zero-order valence-corrected chi connectivity index (χ0v) is 12.3. The summed E-state index contributed by atoms with van der Waals surface area (Å²) >= 11 is 5.05. The van der Waals surface area contributed by atoms with Gasteiger partial charge in [-0.2, -0.15) is 0 Å². The van der Waals surface area contributed by atoms with E-state index in [0.717, 1.165) is 35.7 Å². The molecule has 0 saturated carbocycles. The summed E-state index contributed by atoms with van der Waals surface area (Å²) in [4.78, 5) is 6.82. The Kier molecular flexibility index (Phi) is 5.50. The van der Waals surface area contributed by atoms with Crippen molar-refractivity contribution >= 4 is 17.2 Å². The topological polar surface area (TPSA) is 51.4 Å². The zero-order valence-electron chi connectivity index (χ0n) is 11.5. The van der Waals surface area contributed by atoms with E-state index in [1.807, 2.05) is 34.0 Å². The Morgan fingerprint density at radius 1 is 1.44 bits per heavy atom. The highest BCUT2D eigenvalue weighted by Gasteiger charge is 2.12. The SMILES string of the molecule is Cc1cc(OCCCN(C)C)c(C(N)=S)c(C)n1. The summed E-state index contributed by atoms with van der Waals surface area (Å²) in [5, 5.41) is 0. The summed E-state index contributed by atoms with van der Waals surface area (Å²) in [5.74, 6) is 0.742. The van der Waals surface area contributed by atoms with Gasteiger partial charge in [0.15, 0.2) is 0 Å². The Labute approximate surface area is 114 Å². The van der Waals surface area contributed by atoms with Gasteiger partial charge in [0.2, 0.25) is 0 Å². The molecule has 100 valence electrons. The van der Waals surface area contributed by atoms with Crippen LogP contribution in [0, 0.1) is 13.8 Å². The molecule has 1 aromatic rings. The summed E-state index contributed by atoms with van der Waals surface area (Å²) < 4.78 is 5.78. The normalized spacial score (nSPS) is 10.7. The van der Waals surface area contributed by atoms with Crippen molar-refractivity contribution in [1.29, 1.82) is 0 Å². The molecule has 1 rings (SSSR count). The molecule has 0 radical (unpaired) electrons. The van der Waals surface area contributed by atoms with E-state index < -0.39 is 0 Å². The number of thiocarbonyl (C=S) groups is 1. The maximum Gasteiger partial charge on any atom is 0.133 e. The second-order valence-corrected chi connectivity index (χ2v) is 5.03. The number of aryl methyl sites for hydroxylation is 2. The van der Waals surface area contributed by atoms with Gasteiger partial charge in [-0.3, -0.25) is 4.98 Å². The van der Waals surface area contributed by atoms with Crippen molar-refractivity contribution in [3.05, 3.63) is 23.0 Å². The fourth-order valence-corrected chi connectivity index (χ4v) is 2.02. The molecular weight excluding hydrogens is 246 g/mol. The second kappa shape index (κ2) is 6.66. The maximum atomic E-state index is 5.78. The molecule has 0 aliphatic carbocycles. The summed E-state index contributed by atoms with van der Waals surface area (Å²) in [6, 6.07) is 1.89. The van der Waals surface area contributed by atoms with Crippen LogP contribution in [0.1, 0.15) is 23.4 Å². The first-order valence-electron chi connectivity index (χ1n) is 5.97. The first-order chi connectivity index (χ1) is 8.41. The van der Waals surface area contributed by atoms with Crippen LogP contribution in [0.4, 0.5) is 0 Å². The number of nitrogens with zero attached hydrogens (tertiary/aromatic N) is 2. The summed E-state index contributed by atoms with van der Waals surface area (Å²) in [6.07, 6.45) is 0.962. The van der Waals surface area contributed by atoms with Crippen molar-refractivity contribution in [3.63, 3.8) is 0 Å². The third-order valence-electron chi connectivity index (χ3n) is 2.55. The van der Waals surface area contributed by atoms with Gasteiger partial charge >= 0.3 is 0 Å². The Morgan fingerprint density at radius 2 is 2.11 bits per heavy atom. The monoisotopic (exact) mass is 267 g/mol. The molecule has 0 atom stereocenters. The molecule has 0 amide bonds. The number of ether oxygens (including phenoxy) is 1. The van der Waals surface area contributed by atoms with Gasteiger partial charge in [0, 0.05) is 18.3 Å². The summed E-state index contributed by atoms with van der Waals surface area (Å²) in [5.41, 5.74) is 8.21. The molecule has 4 nitrogen and oxygen atoms in total. The van der Waals surface area contributed by atoms with Crippen molar-refractivity contribution < 1.29 is 4.74 Å². The lowest BCUT2D eigenvalue weighted by atomic mass is 10.1. The molecule has 1 heterocycles. The van der Waals surface area contributed by atoms with Gasteiger partial charge in [-0.15, -0.1) is 0 Å². The molecule has 0 spiro atoms. The van der Waals surface area contributed by atoms with Gasteiger partial charge in [0.1, 0.15) is 10.7 Å². The molecule has 0 fully saturated rings. The predicted molar refractivity (Wildman–Crippen MR) is 78.3 cm³/mol. The standard InChI is InChI=1S/C13H21N3OS/c1-9-8-11(17-7-5-6-16(3)4)12(13(14)18)10(2)15-9/h8H,5-7H2,1-4H3,(H2,14,18). The van der Waals surface area contributed by atoms with E-state index in [-0.39, 0.29) is 0 Å². The summed E-state index contributed by atoms with van der Waals surface area (Å²) in [7, 11) is 4.09.